The molecular weight excluding hydrogens is 346 g/mol. The first kappa shape index (κ1) is 20.5. The van der Waals surface area contributed by atoms with Gasteiger partial charge < -0.3 is 19.5 Å². The van der Waals surface area contributed by atoms with Crippen LogP contribution in [0.4, 0.5) is 5.69 Å². The molecule has 0 atom stereocenters. The lowest BCUT2D eigenvalue weighted by molar-refractivity contribution is -0.119. The molecule has 0 heterocycles. The molecule has 2 aromatic carbocycles. The third-order valence-electron chi connectivity index (χ3n) is 3.98. The summed E-state index contributed by atoms with van der Waals surface area (Å²) in [7, 11) is 1.56. The van der Waals surface area contributed by atoms with Crippen molar-refractivity contribution >= 4 is 17.6 Å². The van der Waals surface area contributed by atoms with E-state index in [1.807, 2.05) is 39.0 Å². The number of hydrogen-bond acceptors (Lipinski definition) is 5. The molecule has 0 aromatic heterocycles. The molecule has 0 spiro atoms. The van der Waals surface area contributed by atoms with Gasteiger partial charge in [0.1, 0.15) is 5.75 Å². The third-order valence-corrected chi connectivity index (χ3v) is 3.98. The number of rotatable bonds is 8. The molecule has 1 amide bonds. The van der Waals surface area contributed by atoms with Gasteiger partial charge in [-0.25, -0.2) is 4.79 Å². The second kappa shape index (κ2) is 9.73. The van der Waals surface area contributed by atoms with Crippen LogP contribution in [0.3, 0.4) is 0 Å². The molecule has 0 aliphatic carbocycles. The van der Waals surface area contributed by atoms with Gasteiger partial charge in [-0.1, -0.05) is 12.1 Å². The topological polar surface area (TPSA) is 73.9 Å². The Hall–Kier alpha value is -2.86. The molecule has 6 nitrogen and oxygen atoms in total. The Labute approximate surface area is 159 Å². The highest BCUT2D eigenvalue weighted by molar-refractivity contribution is 5.96. The maximum Gasteiger partial charge on any atom is 0.338 e. The Morgan fingerprint density at radius 3 is 2.56 bits per heavy atom. The zero-order valence-corrected chi connectivity index (χ0v) is 16.1. The lowest BCUT2D eigenvalue weighted by Gasteiger charge is -2.12. The Morgan fingerprint density at radius 2 is 1.85 bits per heavy atom. The van der Waals surface area contributed by atoms with E-state index in [9.17, 15) is 9.59 Å². The number of carbonyl (C=O) groups excluding carboxylic acids is 2. The van der Waals surface area contributed by atoms with E-state index in [-0.39, 0.29) is 12.5 Å². The van der Waals surface area contributed by atoms with Gasteiger partial charge in [-0.2, -0.15) is 0 Å². The van der Waals surface area contributed by atoms with E-state index in [1.54, 1.807) is 25.3 Å². The van der Waals surface area contributed by atoms with Crippen molar-refractivity contribution in [3.63, 3.8) is 0 Å². The van der Waals surface area contributed by atoms with Crippen LogP contribution in [0.25, 0.3) is 0 Å². The van der Waals surface area contributed by atoms with E-state index in [1.165, 1.54) is 0 Å². The zero-order valence-electron chi connectivity index (χ0n) is 16.1. The number of methoxy groups -OCH3 is 1. The summed E-state index contributed by atoms with van der Waals surface area (Å²) in [6, 6.07) is 10.7. The largest absolute Gasteiger partial charge is 0.496 e. The van der Waals surface area contributed by atoms with Crippen LogP contribution in [0.5, 0.6) is 5.75 Å². The number of nitrogens with one attached hydrogen (secondary N) is 1. The first-order valence-electron chi connectivity index (χ1n) is 8.73. The van der Waals surface area contributed by atoms with E-state index in [0.717, 1.165) is 16.7 Å². The fourth-order valence-electron chi connectivity index (χ4n) is 2.50. The van der Waals surface area contributed by atoms with Crippen molar-refractivity contribution in [1.82, 2.24) is 0 Å². The molecule has 1 N–H and O–H groups in total. The number of aryl methyl sites for hydroxylation is 2. The molecule has 0 saturated carbocycles. The van der Waals surface area contributed by atoms with Crippen LogP contribution < -0.4 is 10.1 Å². The van der Waals surface area contributed by atoms with Crippen molar-refractivity contribution in [2.45, 2.75) is 27.4 Å². The SMILES string of the molecule is CCOCc1cc(C(=O)OCC(=O)Nc2cc(C)ccc2C)ccc1OC. The van der Waals surface area contributed by atoms with Gasteiger partial charge in [0.05, 0.1) is 19.3 Å². The van der Waals surface area contributed by atoms with Crippen molar-refractivity contribution in [3.05, 3.63) is 58.7 Å². The maximum absolute atomic E-state index is 12.3. The molecule has 27 heavy (non-hydrogen) atoms. The van der Waals surface area contributed by atoms with Crippen LogP contribution in [-0.4, -0.2) is 32.2 Å². The van der Waals surface area contributed by atoms with Gasteiger partial charge in [-0.3, -0.25) is 4.79 Å². The van der Waals surface area contributed by atoms with Gasteiger partial charge in [0, 0.05) is 17.9 Å². The molecule has 0 radical (unpaired) electrons. The predicted molar refractivity (Wildman–Crippen MR) is 103 cm³/mol. The Kier molecular flexibility index (Phi) is 7.37. The second-order valence-corrected chi connectivity index (χ2v) is 6.11. The molecule has 2 aromatic rings. The maximum atomic E-state index is 12.3. The summed E-state index contributed by atoms with van der Waals surface area (Å²) in [5.41, 5.74) is 3.77. The molecule has 144 valence electrons. The number of amides is 1. The van der Waals surface area contributed by atoms with E-state index < -0.39 is 5.97 Å². The molecule has 6 heteroatoms. The lowest BCUT2D eigenvalue weighted by Crippen LogP contribution is -2.21. The fraction of sp³-hybridized carbons (Fsp3) is 0.333. The minimum atomic E-state index is -0.577. The van der Waals surface area contributed by atoms with Crippen LogP contribution in [0.15, 0.2) is 36.4 Å². The zero-order chi connectivity index (χ0) is 19.8. The summed E-state index contributed by atoms with van der Waals surface area (Å²) in [6.07, 6.45) is 0. The van der Waals surface area contributed by atoms with Gasteiger partial charge in [0.25, 0.3) is 5.91 Å². The number of anilines is 1. The summed E-state index contributed by atoms with van der Waals surface area (Å²) in [6.45, 7) is 6.25. The lowest BCUT2D eigenvalue weighted by atomic mass is 10.1. The monoisotopic (exact) mass is 371 g/mol. The van der Waals surface area contributed by atoms with E-state index >= 15 is 0 Å². The first-order chi connectivity index (χ1) is 12.9. The van der Waals surface area contributed by atoms with Crippen LogP contribution in [0.1, 0.15) is 34.0 Å². The van der Waals surface area contributed by atoms with Gasteiger partial charge in [0.15, 0.2) is 6.61 Å². The quantitative estimate of drug-likeness (QED) is 0.717. The van der Waals surface area contributed by atoms with Crippen molar-refractivity contribution in [1.29, 1.82) is 0 Å². The fourth-order valence-corrected chi connectivity index (χ4v) is 2.50. The van der Waals surface area contributed by atoms with Gasteiger partial charge in [0.2, 0.25) is 0 Å². The number of carbonyl (C=O) groups is 2. The Balaban J connectivity index is 1.98. The molecular formula is C21H25NO5. The van der Waals surface area contributed by atoms with E-state index in [2.05, 4.69) is 5.32 Å². The average molecular weight is 371 g/mol. The summed E-state index contributed by atoms with van der Waals surface area (Å²) in [5.74, 6) is -0.334. The smallest absolute Gasteiger partial charge is 0.338 e. The highest BCUT2D eigenvalue weighted by Gasteiger charge is 2.14. The predicted octanol–water partition coefficient (Wildman–Crippen LogP) is 3.64. The van der Waals surface area contributed by atoms with Gasteiger partial charge in [-0.05, 0) is 56.2 Å². The summed E-state index contributed by atoms with van der Waals surface area (Å²) in [5, 5.41) is 2.76. The van der Waals surface area contributed by atoms with Gasteiger partial charge in [-0.15, -0.1) is 0 Å². The highest BCUT2D eigenvalue weighted by atomic mass is 16.5. The average Bonchev–Trinajstić information content (AvgIpc) is 2.67. The van der Waals surface area contributed by atoms with Crippen molar-refractivity contribution in [2.24, 2.45) is 0 Å². The molecule has 0 unspecified atom stereocenters. The Morgan fingerprint density at radius 1 is 1.07 bits per heavy atom. The first-order valence-corrected chi connectivity index (χ1v) is 8.73. The van der Waals surface area contributed by atoms with Crippen LogP contribution >= 0.6 is 0 Å². The van der Waals surface area contributed by atoms with Crippen molar-refractivity contribution in [2.75, 3.05) is 25.6 Å². The minimum absolute atomic E-state index is 0.327. The molecule has 0 aliphatic heterocycles. The standard InChI is InChI=1S/C21H25NO5/c1-5-26-12-17-11-16(8-9-19(17)25-4)21(24)27-13-20(23)22-18-10-14(2)6-7-15(18)3/h6-11H,5,12-13H2,1-4H3,(H,22,23). The van der Waals surface area contributed by atoms with Crippen LogP contribution in [-0.2, 0) is 20.9 Å². The molecule has 0 fully saturated rings. The van der Waals surface area contributed by atoms with Crippen LogP contribution in [0, 0.1) is 13.8 Å². The molecule has 0 bridgehead atoms. The Bertz CT molecular complexity index is 816. The number of hydrogen-bond donors (Lipinski definition) is 1. The van der Waals surface area contributed by atoms with E-state index in [4.69, 9.17) is 14.2 Å². The number of esters is 1. The highest BCUT2D eigenvalue weighted by Crippen LogP contribution is 2.21. The van der Waals surface area contributed by atoms with E-state index in [0.29, 0.717) is 30.2 Å². The van der Waals surface area contributed by atoms with Gasteiger partial charge >= 0.3 is 5.97 Å². The second-order valence-electron chi connectivity index (χ2n) is 6.11. The molecule has 0 aliphatic rings. The normalized spacial score (nSPS) is 10.4. The third kappa shape index (κ3) is 5.82. The number of ether oxygens (including phenoxy) is 3. The van der Waals surface area contributed by atoms with Crippen molar-refractivity contribution < 1.29 is 23.8 Å². The molecule has 0 saturated heterocycles. The van der Waals surface area contributed by atoms with Crippen LogP contribution in [0.2, 0.25) is 0 Å². The summed E-state index contributed by atoms with van der Waals surface area (Å²) in [4.78, 5) is 24.4. The minimum Gasteiger partial charge on any atom is -0.496 e. The summed E-state index contributed by atoms with van der Waals surface area (Å²) < 4.78 is 15.8. The van der Waals surface area contributed by atoms with Crippen molar-refractivity contribution in [3.8, 4) is 5.75 Å². The number of benzene rings is 2. The summed E-state index contributed by atoms with van der Waals surface area (Å²) >= 11 is 0. The molecule has 2 rings (SSSR count).